The number of halogens is 1. The largest absolute Gasteiger partial charge is 0.442 e. The zero-order chi connectivity index (χ0) is 14.3. The van der Waals surface area contributed by atoms with Gasteiger partial charge in [0.2, 0.25) is 5.76 Å². The van der Waals surface area contributed by atoms with Crippen molar-refractivity contribution in [3.63, 3.8) is 0 Å². The van der Waals surface area contributed by atoms with Crippen molar-refractivity contribution in [3.05, 3.63) is 45.6 Å². The van der Waals surface area contributed by atoms with E-state index in [2.05, 4.69) is 20.9 Å². The highest BCUT2D eigenvalue weighted by atomic mass is 79.9. The predicted molar refractivity (Wildman–Crippen MR) is 70.1 cm³/mol. The molecule has 2 aromatic rings. The van der Waals surface area contributed by atoms with Crippen LogP contribution in [0, 0.1) is 6.92 Å². The van der Waals surface area contributed by atoms with Gasteiger partial charge in [-0.25, -0.2) is 4.79 Å². The smallest absolute Gasteiger partial charge is 0.379 e. The summed E-state index contributed by atoms with van der Waals surface area (Å²) in [6.07, 6.45) is 0.486. The standard InChI is InChI=1S/C13H10BrNO5/c1-6-11(10-7(4-15-6)5-18-13(10)17)20-12(16)8-2-3-9(14)19-8/h2-4,13,17H,5H2,1H3. The fourth-order valence-electron chi connectivity index (χ4n) is 1.98. The number of ether oxygens (including phenoxy) is 2. The van der Waals surface area contributed by atoms with Crippen LogP contribution in [0.25, 0.3) is 0 Å². The van der Waals surface area contributed by atoms with Crippen LogP contribution in [0.5, 0.6) is 5.75 Å². The summed E-state index contributed by atoms with van der Waals surface area (Å²) in [7, 11) is 0. The molecule has 0 saturated carbocycles. The van der Waals surface area contributed by atoms with Gasteiger partial charge in [-0.2, -0.15) is 0 Å². The van der Waals surface area contributed by atoms with Crippen molar-refractivity contribution >= 4 is 21.9 Å². The Balaban J connectivity index is 1.95. The number of furan rings is 1. The van der Waals surface area contributed by atoms with Crippen molar-refractivity contribution < 1.29 is 23.8 Å². The van der Waals surface area contributed by atoms with Crippen LogP contribution in [0.4, 0.5) is 0 Å². The van der Waals surface area contributed by atoms with Crippen molar-refractivity contribution in [3.8, 4) is 5.75 Å². The van der Waals surface area contributed by atoms with Crippen molar-refractivity contribution in [1.82, 2.24) is 4.98 Å². The van der Waals surface area contributed by atoms with E-state index in [0.29, 0.717) is 21.5 Å². The topological polar surface area (TPSA) is 81.8 Å². The molecule has 1 N–H and O–H groups in total. The zero-order valence-electron chi connectivity index (χ0n) is 10.4. The first-order valence-electron chi connectivity index (χ1n) is 5.82. The summed E-state index contributed by atoms with van der Waals surface area (Å²) < 4.78 is 16.0. The lowest BCUT2D eigenvalue weighted by atomic mass is 10.1. The van der Waals surface area contributed by atoms with Gasteiger partial charge >= 0.3 is 5.97 Å². The molecule has 0 fully saturated rings. The number of nitrogens with zero attached hydrogens (tertiary/aromatic N) is 1. The highest BCUT2D eigenvalue weighted by Crippen LogP contribution is 2.37. The number of carbonyl (C=O) groups is 1. The van der Waals surface area contributed by atoms with Gasteiger partial charge in [0, 0.05) is 11.8 Å². The minimum absolute atomic E-state index is 0.0577. The predicted octanol–water partition coefficient (Wildman–Crippen LogP) is 2.49. The molecule has 2 aromatic heterocycles. The zero-order valence-corrected chi connectivity index (χ0v) is 12.0. The maximum absolute atomic E-state index is 12.0. The number of carbonyl (C=O) groups excluding carboxylic acids is 1. The molecule has 1 aliphatic rings. The van der Waals surface area contributed by atoms with Gasteiger partial charge in [0.25, 0.3) is 0 Å². The molecule has 20 heavy (non-hydrogen) atoms. The molecular formula is C13H10BrNO5. The number of aliphatic hydroxyl groups is 1. The molecule has 1 atom stereocenters. The lowest BCUT2D eigenvalue weighted by molar-refractivity contribution is -0.0925. The Morgan fingerprint density at radius 1 is 1.55 bits per heavy atom. The summed E-state index contributed by atoms with van der Waals surface area (Å²) in [6.45, 7) is 1.92. The minimum atomic E-state index is -1.11. The second-order valence-electron chi connectivity index (χ2n) is 4.27. The molecule has 1 unspecified atom stereocenters. The van der Waals surface area contributed by atoms with Gasteiger partial charge in [0.1, 0.15) is 0 Å². The Kier molecular flexibility index (Phi) is 3.33. The van der Waals surface area contributed by atoms with Crippen LogP contribution in [-0.2, 0) is 11.3 Å². The molecule has 0 aromatic carbocycles. The number of esters is 1. The number of aliphatic hydroxyl groups excluding tert-OH is 1. The summed E-state index contributed by atoms with van der Waals surface area (Å²) in [6, 6.07) is 3.08. The van der Waals surface area contributed by atoms with Gasteiger partial charge in [-0.1, -0.05) is 0 Å². The van der Waals surface area contributed by atoms with E-state index in [4.69, 9.17) is 13.9 Å². The third kappa shape index (κ3) is 2.24. The summed E-state index contributed by atoms with van der Waals surface area (Å²) in [5.41, 5.74) is 1.63. The van der Waals surface area contributed by atoms with E-state index in [1.165, 1.54) is 6.07 Å². The van der Waals surface area contributed by atoms with Crippen molar-refractivity contribution in [1.29, 1.82) is 0 Å². The van der Waals surface area contributed by atoms with Crippen LogP contribution >= 0.6 is 15.9 Å². The normalized spacial score (nSPS) is 17.1. The van der Waals surface area contributed by atoms with E-state index < -0.39 is 12.3 Å². The van der Waals surface area contributed by atoms with E-state index in [1.807, 2.05) is 0 Å². The molecule has 104 valence electrons. The summed E-state index contributed by atoms with van der Waals surface area (Å²) >= 11 is 3.11. The highest BCUT2D eigenvalue weighted by molar-refractivity contribution is 9.10. The van der Waals surface area contributed by atoms with E-state index in [9.17, 15) is 9.90 Å². The van der Waals surface area contributed by atoms with E-state index in [0.717, 1.165) is 0 Å². The molecule has 0 spiro atoms. The Labute approximate surface area is 122 Å². The quantitative estimate of drug-likeness (QED) is 0.846. The Morgan fingerprint density at radius 2 is 2.35 bits per heavy atom. The number of hydrogen-bond donors (Lipinski definition) is 1. The van der Waals surface area contributed by atoms with E-state index in [-0.39, 0.29) is 18.1 Å². The third-order valence-electron chi connectivity index (χ3n) is 2.95. The molecule has 0 radical (unpaired) electrons. The first kappa shape index (κ1) is 13.3. The average Bonchev–Trinajstić information content (AvgIpc) is 3.00. The van der Waals surface area contributed by atoms with Crippen LogP contribution in [0.15, 0.2) is 27.4 Å². The van der Waals surface area contributed by atoms with Crippen LogP contribution < -0.4 is 4.74 Å². The van der Waals surface area contributed by atoms with Gasteiger partial charge in [-0.05, 0) is 35.0 Å². The number of hydrogen-bond acceptors (Lipinski definition) is 6. The molecule has 0 amide bonds. The summed E-state index contributed by atoms with van der Waals surface area (Å²) in [5.74, 6) is -0.389. The van der Waals surface area contributed by atoms with Gasteiger partial charge in [0.15, 0.2) is 16.7 Å². The Morgan fingerprint density at radius 3 is 3.05 bits per heavy atom. The molecule has 0 saturated heterocycles. The first-order chi connectivity index (χ1) is 9.56. The molecule has 0 bridgehead atoms. The maximum Gasteiger partial charge on any atom is 0.379 e. The molecule has 3 heterocycles. The van der Waals surface area contributed by atoms with Crippen LogP contribution in [0.1, 0.15) is 33.7 Å². The lowest BCUT2D eigenvalue weighted by Gasteiger charge is -2.11. The van der Waals surface area contributed by atoms with Crippen molar-refractivity contribution in [2.45, 2.75) is 19.8 Å². The SMILES string of the molecule is Cc1ncc2c(c1OC(=O)c1ccc(Br)o1)C(O)OC2. The molecule has 0 aliphatic carbocycles. The maximum atomic E-state index is 12.0. The minimum Gasteiger partial charge on any atom is -0.442 e. The van der Waals surface area contributed by atoms with Crippen molar-refractivity contribution in [2.75, 3.05) is 0 Å². The lowest BCUT2D eigenvalue weighted by Crippen LogP contribution is -2.11. The second-order valence-corrected chi connectivity index (χ2v) is 5.05. The number of rotatable bonds is 2. The van der Waals surface area contributed by atoms with Crippen LogP contribution in [0.3, 0.4) is 0 Å². The molecule has 7 heteroatoms. The van der Waals surface area contributed by atoms with Gasteiger partial charge in [0.05, 0.1) is 17.9 Å². The van der Waals surface area contributed by atoms with Crippen molar-refractivity contribution in [2.24, 2.45) is 0 Å². The van der Waals surface area contributed by atoms with Gasteiger partial charge in [-0.15, -0.1) is 0 Å². The molecular weight excluding hydrogens is 330 g/mol. The van der Waals surface area contributed by atoms with Gasteiger partial charge < -0.3 is 19.0 Å². The first-order valence-corrected chi connectivity index (χ1v) is 6.61. The van der Waals surface area contributed by atoms with E-state index in [1.54, 1.807) is 19.2 Å². The molecule has 6 nitrogen and oxygen atoms in total. The monoisotopic (exact) mass is 339 g/mol. The number of aromatic nitrogens is 1. The summed E-state index contributed by atoms with van der Waals surface area (Å²) in [5, 5.41) is 9.80. The van der Waals surface area contributed by atoms with Gasteiger partial charge in [-0.3, -0.25) is 4.98 Å². The fourth-order valence-corrected chi connectivity index (χ4v) is 2.28. The number of aryl methyl sites for hydroxylation is 1. The van der Waals surface area contributed by atoms with Crippen LogP contribution in [-0.4, -0.2) is 16.1 Å². The number of fused-ring (bicyclic) bond motifs is 1. The van der Waals surface area contributed by atoms with E-state index >= 15 is 0 Å². The Hall–Kier alpha value is -1.70. The third-order valence-corrected chi connectivity index (χ3v) is 3.37. The molecule has 3 rings (SSSR count). The Bertz CT molecular complexity index is 681. The molecule has 1 aliphatic heterocycles. The second kappa shape index (κ2) is 5.01. The van der Waals surface area contributed by atoms with Crippen LogP contribution in [0.2, 0.25) is 0 Å². The number of pyridine rings is 1. The highest BCUT2D eigenvalue weighted by Gasteiger charge is 2.29. The fraction of sp³-hybridized carbons (Fsp3) is 0.231. The summed E-state index contributed by atoms with van der Waals surface area (Å²) in [4.78, 5) is 16.1. The average molecular weight is 340 g/mol.